The number of nitrogens with zero attached hydrogens (tertiary/aromatic N) is 1. The van der Waals surface area contributed by atoms with E-state index in [1.54, 1.807) is 12.3 Å². The molecule has 1 aliphatic rings. The van der Waals surface area contributed by atoms with E-state index in [1.165, 1.54) is 12.1 Å². The summed E-state index contributed by atoms with van der Waals surface area (Å²) in [5.41, 5.74) is 7.21. The molecule has 0 fully saturated rings. The zero-order valence-electron chi connectivity index (χ0n) is 9.33. The average molecular weight is 233 g/mol. The third-order valence-corrected chi connectivity index (χ3v) is 2.44. The first-order valence-electron chi connectivity index (χ1n) is 5.15. The Balaban J connectivity index is 2.44. The van der Waals surface area contributed by atoms with Gasteiger partial charge in [-0.1, -0.05) is 0 Å². The molecule has 0 aliphatic carbocycles. The van der Waals surface area contributed by atoms with E-state index < -0.39 is 11.7 Å². The fourth-order valence-corrected chi connectivity index (χ4v) is 1.59. The molecule has 88 valence electrons. The predicted molar refractivity (Wildman–Crippen MR) is 64.0 cm³/mol. The summed E-state index contributed by atoms with van der Waals surface area (Å²) in [4.78, 5) is 15.4. The summed E-state index contributed by atoms with van der Waals surface area (Å²) < 4.78 is 13.3. The summed E-state index contributed by atoms with van der Waals surface area (Å²) in [6.07, 6.45) is 1.73. The van der Waals surface area contributed by atoms with Crippen LogP contribution in [0.5, 0.6) is 0 Å². The molecule has 1 heterocycles. The zero-order valence-corrected chi connectivity index (χ0v) is 9.33. The van der Waals surface area contributed by atoms with Gasteiger partial charge in [0.05, 0.1) is 17.8 Å². The van der Waals surface area contributed by atoms with Gasteiger partial charge in [-0.3, -0.25) is 9.79 Å². The third-order valence-electron chi connectivity index (χ3n) is 2.44. The number of nitrogens with two attached hydrogens (primary N) is 1. The number of benzene rings is 1. The molecule has 1 amide bonds. The number of amides is 1. The Morgan fingerprint density at radius 1 is 1.53 bits per heavy atom. The second kappa shape index (κ2) is 4.37. The van der Waals surface area contributed by atoms with Crippen molar-refractivity contribution in [3.05, 3.63) is 41.3 Å². The van der Waals surface area contributed by atoms with Crippen LogP contribution in [0.2, 0.25) is 0 Å². The Bertz CT molecular complexity index is 535. The van der Waals surface area contributed by atoms with Gasteiger partial charge in [-0.05, 0) is 25.1 Å². The minimum Gasteiger partial charge on any atom is -0.384 e. The van der Waals surface area contributed by atoms with Crippen molar-refractivity contribution in [2.45, 2.75) is 6.92 Å². The van der Waals surface area contributed by atoms with Crippen molar-refractivity contribution in [2.75, 3.05) is 6.54 Å². The number of carbonyl (C=O) groups is 1. The summed E-state index contributed by atoms with van der Waals surface area (Å²) >= 11 is 0. The van der Waals surface area contributed by atoms with E-state index in [0.717, 1.165) is 5.71 Å². The van der Waals surface area contributed by atoms with Gasteiger partial charge in [0.1, 0.15) is 5.82 Å². The summed E-state index contributed by atoms with van der Waals surface area (Å²) in [5, 5.41) is 3.04. The van der Waals surface area contributed by atoms with E-state index in [0.29, 0.717) is 17.8 Å². The second-order valence-corrected chi connectivity index (χ2v) is 3.82. The molecule has 0 unspecified atom stereocenters. The summed E-state index contributed by atoms with van der Waals surface area (Å²) in [6.45, 7) is 2.58. The average Bonchev–Trinajstić information content (AvgIpc) is 2.29. The van der Waals surface area contributed by atoms with Crippen LogP contribution in [-0.4, -0.2) is 18.2 Å². The van der Waals surface area contributed by atoms with Crippen molar-refractivity contribution in [3.8, 4) is 0 Å². The number of aliphatic imine (C=N–C) groups is 1. The van der Waals surface area contributed by atoms with Crippen LogP contribution < -0.4 is 11.1 Å². The van der Waals surface area contributed by atoms with Gasteiger partial charge >= 0.3 is 0 Å². The molecule has 0 saturated carbocycles. The molecule has 0 atom stereocenters. The van der Waals surface area contributed by atoms with Gasteiger partial charge in [-0.15, -0.1) is 0 Å². The lowest BCUT2D eigenvalue weighted by molar-refractivity contribution is 0.0996. The molecule has 0 spiro atoms. The monoisotopic (exact) mass is 233 g/mol. The number of nitrogens with one attached hydrogen (secondary N) is 1. The van der Waals surface area contributed by atoms with Crippen LogP contribution in [0.3, 0.4) is 0 Å². The normalized spacial score (nSPS) is 14.7. The maximum absolute atomic E-state index is 13.3. The molecule has 0 aromatic heterocycles. The molecule has 5 heteroatoms. The number of hydrogen-bond donors (Lipinski definition) is 2. The van der Waals surface area contributed by atoms with Crippen LogP contribution in [0, 0.1) is 5.82 Å². The smallest absolute Gasteiger partial charge is 0.251 e. The topological polar surface area (TPSA) is 67.5 Å². The van der Waals surface area contributed by atoms with Crippen molar-refractivity contribution >= 4 is 17.3 Å². The molecule has 0 radical (unpaired) electrons. The molecule has 1 aromatic rings. The molecule has 17 heavy (non-hydrogen) atoms. The highest BCUT2D eigenvalue weighted by molar-refractivity contribution is 5.95. The number of hydrogen-bond acceptors (Lipinski definition) is 3. The molecule has 3 N–H and O–H groups in total. The van der Waals surface area contributed by atoms with Gasteiger partial charge in [-0.25, -0.2) is 4.39 Å². The molecular formula is C12H12FN3O. The largest absolute Gasteiger partial charge is 0.384 e. The fraction of sp³-hybridized carbons (Fsp3) is 0.167. The number of rotatable bonds is 2. The zero-order chi connectivity index (χ0) is 12.4. The van der Waals surface area contributed by atoms with E-state index in [-0.39, 0.29) is 5.56 Å². The minimum atomic E-state index is -0.783. The van der Waals surface area contributed by atoms with Crippen molar-refractivity contribution in [1.82, 2.24) is 5.32 Å². The van der Waals surface area contributed by atoms with Gasteiger partial charge in [0, 0.05) is 17.5 Å². The lowest BCUT2D eigenvalue weighted by Crippen LogP contribution is -2.20. The number of primary amides is 1. The highest BCUT2D eigenvalue weighted by Crippen LogP contribution is 2.20. The van der Waals surface area contributed by atoms with Gasteiger partial charge in [0.15, 0.2) is 0 Å². The Morgan fingerprint density at radius 2 is 2.29 bits per heavy atom. The van der Waals surface area contributed by atoms with E-state index in [4.69, 9.17) is 5.73 Å². The van der Waals surface area contributed by atoms with Crippen molar-refractivity contribution in [2.24, 2.45) is 10.7 Å². The van der Waals surface area contributed by atoms with Gasteiger partial charge < -0.3 is 11.1 Å². The molecule has 2 rings (SSSR count). The van der Waals surface area contributed by atoms with Crippen LogP contribution in [0.25, 0.3) is 5.70 Å². The van der Waals surface area contributed by atoms with Crippen molar-refractivity contribution < 1.29 is 9.18 Å². The summed E-state index contributed by atoms with van der Waals surface area (Å²) in [7, 11) is 0. The standard InChI is InChI=1S/C12H12FN3O/c1-7-5-15-6-11(16-7)8-2-3-10(13)9(4-8)12(14)17/h2-4,6,15H,5H2,1H3,(H2,14,17). The van der Waals surface area contributed by atoms with Gasteiger partial charge in [0.25, 0.3) is 5.91 Å². The number of carbonyl (C=O) groups excluding carboxylic acids is 1. The van der Waals surface area contributed by atoms with Crippen LogP contribution in [0.15, 0.2) is 29.4 Å². The number of halogens is 1. The van der Waals surface area contributed by atoms with Crippen molar-refractivity contribution in [1.29, 1.82) is 0 Å². The van der Waals surface area contributed by atoms with Crippen LogP contribution in [0.4, 0.5) is 4.39 Å². The lowest BCUT2D eigenvalue weighted by atomic mass is 10.1. The molecule has 1 aliphatic heterocycles. The predicted octanol–water partition coefficient (Wildman–Crippen LogP) is 1.29. The van der Waals surface area contributed by atoms with Crippen LogP contribution in [0.1, 0.15) is 22.8 Å². The lowest BCUT2D eigenvalue weighted by Gasteiger charge is -2.12. The highest BCUT2D eigenvalue weighted by atomic mass is 19.1. The van der Waals surface area contributed by atoms with E-state index in [2.05, 4.69) is 10.3 Å². The second-order valence-electron chi connectivity index (χ2n) is 3.82. The van der Waals surface area contributed by atoms with E-state index >= 15 is 0 Å². The van der Waals surface area contributed by atoms with E-state index in [1.807, 2.05) is 6.92 Å². The first kappa shape index (κ1) is 11.3. The summed E-state index contributed by atoms with van der Waals surface area (Å²) in [5.74, 6) is -1.40. The third kappa shape index (κ3) is 2.33. The molecule has 1 aromatic carbocycles. The fourth-order valence-electron chi connectivity index (χ4n) is 1.59. The quantitative estimate of drug-likeness (QED) is 0.808. The minimum absolute atomic E-state index is 0.123. The maximum atomic E-state index is 13.3. The van der Waals surface area contributed by atoms with E-state index in [9.17, 15) is 9.18 Å². The summed E-state index contributed by atoms with van der Waals surface area (Å²) in [6, 6.07) is 4.19. The highest BCUT2D eigenvalue weighted by Gasteiger charge is 2.12. The first-order valence-corrected chi connectivity index (χ1v) is 5.15. The SMILES string of the molecule is CC1=NC(c2ccc(F)c(C(N)=O)c2)=CNC1. The Kier molecular flexibility index (Phi) is 2.91. The molecule has 0 bridgehead atoms. The van der Waals surface area contributed by atoms with Crippen molar-refractivity contribution in [3.63, 3.8) is 0 Å². The molecular weight excluding hydrogens is 221 g/mol. The Morgan fingerprint density at radius 3 is 2.94 bits per heavy atom. The Hall–Kier alpha value is -2.17. The Labute approximate surface area is 98.0 Å². The maximum Gasteiger partial charge on any atom is 0.251 e. The van der Waals surface area contributed by atoms with Crippen LogP contribution in [-0.2, 0) is 0 Å². The van der Waals surface area contributed by atoms with Gasteiger partial charge in [-0.2, -0.15) is 0 Å². The van der Waals surface area contributed by atoms with Gasteiger partial charge in [0.2, 0.25) is 0 Å². The first-order chi connectivity index (χ1) is 8.08. The molecule has 4 nitrogen and oxygen atoms in total. The van der Waals surface area contributed by atoms with Crippen LogP contribution >= 0.6 is 0 Å². The molecule has 0 saturated heterocycles.